The van der Waals surface area contributed by atoms with Gasteiger partial charge in [0.15, 0.2) is 64.9 Å². The normalized spacial score (nSPS) is 22.1. The van der Waals surface area contributed by atoms with Crippen molar-refractivity contribution in [3.05, 3.63) is 122 Å². The van der Waals surface area contributed by atoms with E-state index in [0.29, 0.717) is 11.1 Å². The van der Waals surface area contributed by atoms with E-state index in [1.807, 2.05) is 38.4 Å². The third kappa shape index (κ3) is 12.8. The van der Waals surface area contributed by atoms with Crippen LogP contribution in [0.2, 0.25) is 0 Å². The fourth-order valence-corrected chi connectivity index (χ4v) is 10.5. The van der Waals surface area contributed by atoms with Crippen LogP contribution in [0.1, 0.15) is 77.1 Å². The number of imidazole rings is 2. The van der Waals surface area contributed by atoms with Gasteiger partial charge in [0.2, 0.25) is 1.43 Å². The number of hydrogen-bond donors (Lipinski definition) is 3. The topological polar surface area (TPSA) is 255 Å². The van der Waals surface area contributed by atoms with E-state index in [-0.39, 0.29) is 85.0 Å². The molecule has 2 amide bonds. The predicted octanol–water partition coefficient (Wildman–Crippen LogP) is 7.46. The predicted molar refractivity (Wildman–Crippen MR) is 278 cm³/mol. The maximum Gasteiger partial charge on any atom is 0.695 e. The molecule has 22 nitrogen and oxygen atoms in total. The minimum atomic E-state index is -3.11. The second-order valence-electron chi connectivity index (χ2n) is 16.9. The van der Waals surface area contributed by atoms with Crippen LogP contribution in [-0.2, 0) is 27.6 Å². The maximum atomic E-state index is 16.2. The van der Waals surface area contributed by atoms with Crippen LogP contribution in [0.15, 0.2) is 111 Å². The number of nitrogens with zero attached hydrogens (tertiary/aromatic N) is 11. The Balaban J connectivity index is 0.000000277. The molecule has 2 fully saturated rings. The summed E-state index contributed by atoms with van der Waals surface area (Å²) in [5.74, 6) is -0.200. The highest BCUT2D eigenvalue weighted by molar-refractivity contribution is 7.44. The molecule has 4 unspecified atom stereocenters. The summed E-state index contributed by atoms with van der Waals surface area (Å²) in [6, 6.07) is 17.5. The highest BCUT2D eigenvalue weighted by Crippen LogP contribution is 2.50. The summed E-state index contributed by atoms with van der Waals surface area (Å²) in [6.45, 7) is 15.0. The summed E-state index contributed by atoms with van der Waals surface area (Å²) in [4.78, 5) is 64.1. The molecule has 0 bridgehead atoms. The van der Waals surface area contributed by atoms with Crippen molar-refractivity contribution in [1.82, 2.24) is 43.7 Å². The Morgan fingerprint density at radius 2 is 1.24 bits per heavy atom. The van der Waals surface area contributed by atoms with Gasteiger partial charge in [0.05, 0.1) is 25.9 Å². The molecule has 6 aromatic rings. The molecule has 0 radical (unpaired) electrons. The van der Waals surface area contributed by atoms with E-state index in [4.69, 9.17) is 30.7 Å². The van der Waals surface area contributed by atoms with Crippen LogP contribution in [0.4, 0.5) is 20.4 Å². The lowest BCUT2D eigenvalue weighted by molar-refractivity contribution is -0.0443. The monoisotopic (exact) mass is 1090 g/mol. The zero-order valence-corrected chi connectivity index (χ0v) is 43.2. The van der Waals surface area contributed by atoms with E-state index in [2.05, 4.69) is 48.2 Å². The average molecular weight is 1090 g/mol. The van der Waals surface area contributed by atoms with E-state index >= 15 is 8.78 Å². The summed E-state index contributed by atoms with van der Waals surface area (Å²) in [5.41, 5.74) is 1.82. The summed E-state index contributed by atoms with van der Waals surface area (Å²) in [7, 11) is -1.98. The molecule has 404 valence electrons. The summed E-state index contributed by atoms with van der Waals surface area (Å²) < 4.78 is 88.3. The van der Waals surface area contributed by atoms with Crippen molar-refractivity contribution in [2.24, 2.45) is 0 Å². The standard InChI is InChI=1S/C27H36FN6O5P.C20H19FN5O6P.2CH4/c1-7-13-32(26(36)19-11-9-8-10-12-19)24-22-25(30-15-29-24)33(16-31-22)27-21(28)23(20(14-35)38-27)39-40(37-6)34(17(2)3)18(4)5;1-2-8-25(19(28)12-6-4-3-5-7-12)17-15-18(23-10-22-17)26(11-24-15)20-14(21)16(32-33(29)30)13(9-27)31-20;;/h7-12,15-18,20-21,23,27,35H,1,13-14H2,2-6H3;2-7,10-11,13-14,16,20,27H,1,8-9H2;2*1H4/p+1/t20-,21-,23-,27?,40?;13-,14-,16-,20?;;/m11../s1/i35D;;1T;. The average Bonchev–Trinajstić information content (AvgIpc) is 4.21. The first-order valence-corrected chi connectivity index (χ1v) is 25.2. The van der Waals surface area contributed by atoms with Crippen LogP contribution in [0, 0.1) is 0 Å². The number of amides is 2. The van der Waals surface area contributed by atoms with Gasteiger partial charge in [-0.05, 0) is 52.0 Å². The van der Waals surface area contributed by atoms with Crippen LogP contribution in [-0.4, -0.2) is 154 Å². The van der Waals surface area contributed by atoms with Crippen LogP contribution in [0.5, 0.6) is 0 Å². The summed E-state index contributed by atoms with van der Waals surface area (Å²) in [6.07, 6.45) is -2.47. The molecule has 2 aliphatic heterocycles. The van der Waals surface area contributed by atoms with Gasteiger partial charge in [-0.3, -0.25) is 28.5 Å². The molecule has 6 heterocycles. The fraction of sp³-hybridized carbons (Fsp3) is 0.429. The first-order chi connectivity index (χ1) is 36.7. The SMILES string of the molecule is C.C=CCN(C(=O)c1ccccc1)c1ncnc2c1ncn2C1O[C@H](CO)[C@@H](O[P+](=O)O)[C@H]1F.[2H]OC[C@H]1OC(n2cnc3c(N(CC=C)C(=O)c4ccccc4)ncnc32)[C@H](F)[C@@H]1OP(OC)N(C(C)C)C(C)C.[3H]C. The Kier molecular flexibility index (Phi) is 20.5. The van der Waals surface area contributed by atoms with E-state index in [1.54, 1.807) is 60.7 Å². The third-order valence-corrected chi connectivity index (χ3v) is 14.1. The molecule has 0 aliphatic carbocycles. The van der Waals surface area contributed by atoms with Crippen molar-refractivity contribution in [3.8, 4) is 0 Å². The highest BCUT2D eigenvalue weighted by Gasteiger charge is 2.52. The van der Waals surface area contributed by atoms with Crippen molar-refractivity contribution < 1.29 is 62.5 Å². The van der Waals surface area contributed by atoms with Crippen LogP contribution in [0.3, 0.4) is 0 Å². The van der Waals surface area contributed by atoms with Gasteiger partial charge in [-0.25, -0.2) is 43.4 Å². The number of carbonyl (C=O) groups excluding carboxylic acids is 2. The molecular weight excluding hydrogens is 1020 g/mol. The number of carbonyl (C=O) groups is 2. The van der Waals surface area contributed by atoms with Gasteiger partial charge in [0.1, 0.15) is 31.0 Å². The molecule has 10 atom stereocenters. The zero-order valence-electron chi connectivity index (χ0n) is 43.4. The maximum absolute atomic E-state index is 16.2. The minimum Gasteiger partial charge on any atom is -0.394 e. The van der Waals surface area contributed by atoms with E-state index in [9.17, 15) is 19.3 Å². The molecule has 75 heavy (non-hydrogen) atoms. The number of aromatic nitrogens is 8. The van der Waals surface area contributed by atoms with Gasteiger partial charge in [-0.15, -0.1) is 22.6 Å². The van der Waals surface area contributed by atoms with Crippen LogP contribution < -0.4 is 9.80 Å². The van der Waals surface area contributed by atoms with Crippen LogP contribution in [0.25, 0.3) is 22.3 Å². The lowest BCUT2D eigenvalue weighted by Gasteiger charge is -2.36. The molecule has 26 heteroatoms. The molecule has 0 saturated carbocycles. The summed E-state index contributed by atoms with van der Waals surface area (Å²) >= 11 is 0. The fourth-order valence-electron chi connectivity index (χ4n) is 8.45. The number of aliphatic hydroxyl groups is 2. The molecule has 2 saturated heterocycles. The number of ether oxygens (including phenoxy) is 2. The number of alkyl halides is 2. The van der Waals surface area contributed by atoms with Crippen molar-refractivity contribution in [2.75, 3.05) is 43.2 Å². The number of benzene rings is 2. The molecular formula is C49H64F2N11O11P2+. The minimum absolute atomic E-state index is 0. The first-order valence-electron chi connectivity index (χ1n) is 24.3. The van der Waals surface area contributed by atoms with Crippen molar-refractivity contribution in [3.63, 3.8) is 0 Å². The number of hydrogen-bond acceptors (Lipinski definition) is 17. The molecule has 2 aromatic carbocycles. The molecule has 2 aliphatic rings. The van der Waals surface area contributed by atoms with Gasteiger partial charge in [0.25, 0.3) is 20.3 Å². The third-order valence-electron chi connectivity index (χ3n) is 11.6. The second kappa shape index (κ2) is 27.2. The Morgan fingerprint density at radius 1 is 0.800 bits per heavy atom. The zero-order chi connectivity index (χ0) is 55.2. The van der Waals surface area contributed by atoms with Crippen LogP contribution >= 0.6 is 16.8 Å². The van der Waals surface area contributed by atoms with Crippen molar-refractivity contribution in [1.29, 1.82) is 1.43 Å². The van der Waals surface area contributed by atoms with Crippen molar-refractivity contribution in [2.45, 2.75) is 104 Å². The first kappa shape index (κ1) is 56.7. The van der Waals surface area contributed by atoms with Crippen molar-refractivity contribution >= 4 is 62.6 Å². The van der Waals surface area contributed by atoms with Gasteiger partial charge in [-0.2, -0.15) is 0 Å². The van der Waals surface area contributed by atoms with E-state index < -0.39 is 72.6 Å². The quantitative estimate of drug-likeness (QED) is 0.0467. The molecule has 8 rings (SSSR count). The Labute approximate surface area is 438 Å². The van der Waals surface area contributed by atoms with E-state index in [1.165, 1.54) is 64.8 Å². The summed E-state index contributed by atoms with van der Waals surface area (Å²) in [5, 5.41) is 14.1. The Morgan fingerprint density at radius 3 is 1.63 bits per heavy atom. The lowest BCUT2D eigenvalue weighted by Crippen LogP contribution is -2.38. The number of halogens is 2. The van der Waals surface area contributed by atoms with E-state index in [0.717, 1.165) is 0 Å². The van der Waals surface area contributed by atoms with Gasteiger partial charge in [0, 0.05) is 49.3 Å². The number of aliphatic hydroxyl groups excluding tert-OH is 2. The van der Waals surface area contributed by atoms with Gasteiger partial charge >= 0.3 is 8.25 Å². The second-order valence-corrected chi connectivity index (χ2v) is 19.1. The molecule has 0 spiro atoms. The number of fused-ring (bicyclic) bond motifs is 2. The smallest absolute Gasteiger partial charge is 0.394 e. The Hall–Kier alpha value is -6.01. The lowest BCUT2D eigenvalue weighted by atomic mass is 10.1. The number of anilines is 2. The molecule has 3 N–H and O–H groups in total. The van der Waals surface area contributed by atoms with Gasteiger partial charge < -0.3 is 28.7 Å². The van der Waals surface area contributed by atoms with Gasteiger partial charge in [-0.1, -0.05) is 63.4 Å². The molecule has 4 aromatic heterocycles. The number of rotatable bonds is 21. The Bertz CT molecular complexity index is 2880. The largest absolute Gasteiger partial charge is 0.695 e. The highest BCUT2D eigenvalue weighted by atomic mass is 31.2.